The number of unbranched alkanes of at least 4 members (excludes halogenated alkanes) is 3. The molecule has 0 amide bonds. The van der Waals surface area contributed by atoms with E-state index in [9.17, 15) is 4.79 Å². The van der Waals surface area contributed by atoms with E-state index >= 15 is 0 Å². The summed E-state index contributed by atoms with van der Waals surface area (Å²) >= 11 is 0. The minimum Gasteiger partial charge on any atom is -0.396 e. The highest BCUT2D eigenvalue weighted by molar-refractivity contribution is 4.99. The van der Waals surface area contributed by atoms with Crippen LogP contribution in [0.25, 0.3) is 0 Å². The maximum absolute atomic E-state index is 11.3. The molecule has 0 aliphatic rings. The minimum absolute atomic E-state index is 0.178. The lowest BCUT2D eigenvalue weighted by Crippen LogP contribution is -2.22. The van der Waals surface area contributed by atoms with E-state index in [0.717, 1.165) is 37.8 Å². The molecule has 1 rings (SSSR count). The number of aryl methyl sites for hydroxylation is 2. The van der Waals surface area contributed by atoms with Gasteiger partial charge in [0, 0.05) is 25.5 Å². The first-order chi connectivity index (χ1) is 7.24. The topological polar surface area (TPSA) is 55.1 Å². The van der Waals surface area contributed by atoms with Crippen LogP contribution in [-0.4, -0.2) is 21.3 Å². The van der Waals surface area contributed by atoms with Gasteiger partial charge >= 0.3 is 5.69 Å². The molecule has 0 bridgehead atoms. The summed E-state index contributed by atoms with van der Waals surface area (Å²) in [4.78, 5) is 15.1. The van der Waals surface area contributed by atoms with Gasteiger partial charge < -0.3 is 5.11 Å². The fourth-order valence-electron chi connectivity index (χ4n) is 1.47. The highest BCUT2D eigenvalue weighted by atomic mass is 16.2. The maximum Gasteiger partial charge on any atom is 0.347 e. The van der Waals surface area contributed by atoms with E-state index in [0.29, 0.717) is 0 Å². The standard InChI is InChI=1S/C11H18N2O2/c1-10-8-12-11(15)13(9-10)6-4-2-3-5-7-14/h8-9,14H,2-7H2,1H3. The second-order valence-corrected chi connectivity index (χ2v) is 3.75. The van der Waals surface area contributed by atoms with Crippen molar-refractivity contribution < 1.29 is 5.11 Å². The Kier molecular flexibility index (Phi) is 5.04. The highest BCUT2D eigenvalue weighted by Gasteiger charge is 1.97. The molecule has 1 heterocycles. The molecule has 0 radical (unpaired) electrons. The SMILES string of the molecule is Cc1cnc(=O)n(CCCCCCO)c1. The molecule has 0 aliphatic carbocycles. The second-order valence-electron chi connectivity index (χ2n) is 3.75. The highest BCUT2D eigenvalue weighted by Crippen LogP contribution is 2.01. The normalized spacial score (nSPS) is 10.5. The Bertz CT molecular complexity index is 347. The summed E-state index contributed by atoms with van der Waals surface area (Å²) in [6, 6.07) is 0. The summed E-state index contributed by atoms with van der Waals surface area (Å²) in [7, 11) is 0. The molecule has 1 aromatic rings. The van der Waals surface area contributed by atoms with Crippen molar-refractivity contribution in [2.24, 2.45) is 0 Å². The first kappa shape index (κ1) is 11.9. The number of rotatable bonds is 6. The molecule has 0 fully saturated rings. The van der Waals surface area contributed by atoms with Gasteiger partial charge in [0.15, 0.2) is 0 Å². The van der Waals surface area contributed by atoms with Crippen LogP contribution in [0.4, 0.5) is 0 Å². The average molecular weight is 210 g/mol. The Morgan fingerprint density at radius 3 is 2.80 bits per heavy atom. The summed E-state index contributed by atoms with van der Waals surface area (Å²) in [5.74, 6) is 0. The van der Waals surface area contributed by atoms with E-state index in [1.807, 2.05) is 13.1 Å². The molecule has 84 valence electrons. The molecular weight excluding hydrogens is 192 g/mol. The molecule has 1 aromatic heterocycles. The Balaban J connectivity index is 2.37. The summed E-state index contributed by atoms with van der Waals surface area (Å²) in [6.07, 6.45) is 7.30. The quantitative estimate of drug-likeness (QED) is 0.715. The van der Waals surface area contributed by atoms with Crippen LogP contribution in [0.5, 0.6) is 0 Å². The Morgan fingerprint density at radius 1 is 1.33 bits per heavy atom. The van der Waals surface area contributed by atoms with E-state index < -0.39 is 0 Å². The van der Waals surface area contributed by atoms with Gasteiger partial charge in [-0.25, -0.2) is 9.78 Å². The van der Waals surface area contributed by atoms with Crippen molar-refractivity contribution in [3.05, 3.63) is 28.4 Å². The molecule has 15 heavy (non-hydrogen) atoms. The van der Waals surface area contributed by atoms with Crippen molar-refractivity contribution >= 4 is 0 Å². The number of hydrogen-bond donors (Lipinski definition) is 1. The van der Waals surface area contributed by atoms with Crippen molar-refractivity contribution in [3.63, 3.8) is 0 Å². The van der Waals surface area contributed by atoms with Crippen molar-refractivity contribution in [2.75, 3.05) is 6.61 Å². The van der Waals surface area contributed by atoms with Crippen LogP contribution in [0.2, 0.25) is 0 Å². The van der Waals surface area contributed by atoms with Gasteiger partial charge in [-0.1, -0.05) is 12.8 Å². The zero-order valence-electron chi connectivity index (χ0n) is 9.15. The summed E-state index contributed by atoms with van der Waals surface area (Å²) in [5, 5.41) is 8.60. The van der Waals surface area contributed by atoms with E-state index in [2.05, 4.69) is 4.98 Å². The van der Waals surface area contributed by atoms with Crippen molar-refractivity contribution in [1.29, 1.82) is 0 Å². The van der Waals surface area contributed by atoms with E-state index in [4.69, 9.17) is 5.11 Å². The third-order valence-electron chi connectivity index (χ3n) is 2.29. The lowest BCUT2D eigenvalue weighted by molar-refractivity contribution is 0.282. The molecule has 0 saturated heterocycles. The van der Waals surface area contributed by atoms with Gasteiger partial charge in [0.1, 0.15) is 0 Å². The zero-order chi connectivity index (χ0) is 11.1. The molecule has 4 heteroatoms. The zero-order valence-corrected chi connectivity index (χ0v) is 9.15. The Labute approximate surface area is 89.6 Å². The van der Waals surface area contributed by atoms with Crippen molar-refractivity contribution in [1.82, 2.24) is 9.55 Å². The lowest BCUT2D eigenvalue weighted by Gasteiger charge is -2.04. The third-order valence-corrected chi connectivity index (χ3v) is 2.29. The number of nitrogens with zero attached hydrogens (tertiary/aromatic N) is 2. The molecule has 0 unspecified atom stereocenters. The van der Waals surface area contributed by atoms with Crippen LogP contribution in [-0.2, 0) is 6.54 Å². The Hall–Kier alpha value is -1.16. The van der Waals surface area contributed by atoms with E-state index in [1.165, 1.54) is 0 Å². The van der Waals surface area contributed by atoms with Crippen LogP contribution in [0, 0.1) is 6.92 Å². The number of aromatic nitrogens is 2. The van der Waals surface area contributed by atoms with Crippen LogP contribution >= 0.6 is 0 Å². The molecule has 0 aliphatic heterocycles. The number of aliphatic hydroxyl groups is 1. The molecule has 0 spiro atoms. The van der Waals surface area contributed by atoms with Gasteiger partial charge in [-0.2, -0.15) is 0 Å². The van der Waals surface area contributed by atoms with Crippen LogP contribution < -0.4 is 5.69 Å². The predicted octanol–water partition coefficient (Wildman–Crippen LogP) is 1.10. The van der Waals surface area contributed by atoms with E-state index in [-0.39, 0.29) is 12.3 Å². The third kappa shape index (κ3) is 4.25. The minimum atomic E-state index is -0.178. The smallest absolute Gasteiger partial charge is 0.347 e. The van der Waals surface area contributed by atoms with Gasteiger partial charge in [0.05, 0.1) is 0 Å². The van der Waals surface area contributed by atoms with Gasteiger partial charge in [0.2, 0.25) is 0 Å². The summed E-state index contributed by atoms with van der Waals surface area (Å²) in [6.45, 7) is 2.90. The molecule has 0 aromatic carbocycles. The lowest BCUT2D eigenvalue weighted by atomic mass is 10.2. The average Bonchev–Trinajstić information content (AvgIpc) is 2.23. The van der Waals surface area contributed by atoms with Crippen LogP contribution in [0.15, 0.2) is 17.2 Å². The molecule has 0 atom stereocenters. The summed E-state index contributed by atoms with van der Waals surface area (Å²) in [5.41, 5.74) is 0.827. The largest absolute Gasteiger partial charge is 0.396 e. The van der Waals surface area contributed by atoms with E-state index in [1.54, 1.807) is 10.8 Å². The van der Waals surface area contributed by atoms with Gasteiger partial charge in [-0.15, -0.1) is 0 Å². The fourth-order valence-corrected chi connectivity index (χ4v) is 1.47. The van der Waals surface area contributed by atoms with Crippen LogP contribution in [0.1, 0.15) is 31.2 Å². The maximum atomic E-state index is 11.3. The van der Waals surface area contributed by atoms with Gasteiger partial charge in [-0.05, 0) is 25.3 Å². The molecule has 1 N–H and O–H groups in total. The number of aliphatic hydroxyl groups excluding tert-OH is 1. The molecule has 0 saturated carbocycles. The van der Waals surface area contributed by atoms with Crippen molar-refractivity contribution in [3.8, 4) is 0 Å². The second kappa shape index (κ2) is 6.35. The Morgan fingerprint density at radius 2 is 2.07 bits per heavy atom. The monoisotopic (exact) mass is 210 g/mol. The van der Waals surface area contributed by atoms with Crippen molar-refractivity contribution in [2.45, 2.75) is 39.2 Å². The fraction of sp³-hybridized carbons (Fsp3) is 0.636. The molecule has 4 nitrogen and oxygen atoms in total. The predicted molar refractivity (Wildman–Crippen MR) is 58.8 cm³/mol. The first-order valence-corrected chi connectivity index (χ1v) is 5.38. The molecular formula is C11H18N2O2. The summed E-state index contributed by atoms with van der Waals surface area (Å²) < 4.78 is 1.65. The van der Waals surface area contributed by atoms with Crippen LogP contribution in [0.3, 0.4) is 0 Å². The first-order valence-electron chi connectivity index (χ1n) is 5.38. The van der Waals surface area contributed by atoms with Gasteiger partial charge in [0.25, 0.3) is 0 Å². The van der Waals surface area contributed by atoms with Gasteiger partial charge in [-0.3, -0.25) is 4.57 Å². The number of hydrogen-bond acceptors (Lipinski definition) is 3.